The van der Waals surface area contributed by atoms with E-state index in [0.717, 1.165) is 37.2 Å². The van der Waals surface area contributed by atoms with Crippen LogP contribution >= 0.6 is 0 Å². The Bertz CT molecular complexity index is 419. The lowest BCUT2D eigenvalue weighted by Gasteiger charge is -2.26. The van der Waals surface area contributed by atoms with E-state index in [9.17, 15) is 4.79 Å². The van der Waals surface area contributed by atoms with Crippen LogP contribution in [0.5, 0.6) is 0 Å². The van der Waals surface area contributed by atoms with Crippen molar-refractivity contribution in [3.8, 4) is 0 Å². The summed E-state index contributed by atoms with van der Waals surface area (Å²) in [6.07, 6.45) is 6.91. The smallest absolute Gasteiger partial charge is 0.258 e. The molecule has 4 nitrogen and oxygen atoms in total. The van der Waals surface area contributed by atoms with Crippen LogP contribution in [0.15, 0.2) is 30.3 Å². The van der Waals surface area contributed by atoms with Crippen molar-refractivity contribution in [2.45, 2.75) is 19.3 Å². The van der Waals surface area contributed by atoms with Gasteiger partial charge in [0, 0.05) is 24.9 Å². The average Bonchev–Trinajstić information content (AvgIpc) is 2.39. The van der Waals surface area contributed by atoms with Gasteiger partial charge in [0.25, 0.3) is 5.91 Å². The zero-order valence-electron chi connectivity index (χ0n) is 10.4. The van der Waals surface area contributed by atoms with E-state index in [1.54, 1.807) is 12.2 Å². The van der Waals surface area contributed by atoms with Crippen LogP contribution in [0.2, 0.25) is 0 Å². The van der Waals surface area contributed by atoms with Crippen LogP contribution in [0.25, 0.3) is 6.08 Å². The number of nitrogens with two attached hydrogens (primary N) is 1. The number of amides is 1. The molecule has 1 saturated heterocycles. The van der Waals surface area contributed by atoms with Gasteiger partial charge < -0.3 is 5.73 Å². The number of benzene rings is 1. The molecule has 0 aliphatic carbocycles. The molecule has 0 spiro atoms. The molecule has 1 fully saturated rings. The molecule has 0 radical (unpaired) electrons. The predicted molar refractivity (Wildman–Crippen MR) is 73.5 cm³/mol. The van der Waals surface area contributed by atoms with Crippen molar-refractivity contribution in [1.29, 1.82) is 0 Å². The van der Waals surface area contributed by atoms with E-state index >= 15 is 0 Å². The summed E-state index contributed by atoms with van der Waals surface area (Å²) in [5.41, 5.74) is 10.2. The molecule has 1 heterocycles. The Hall–Kier alpha value is -1.81. The summed E-state index contributed by atoms with van der Waals surface area (Å²) in [6.45, 7) is 1.89. The highest BCUT2D eigenvalue weighted by Gasteiger charge is 2.10. The van der Waals surface area contributed by atoms with Gasteiger partial charge in [0.2, 0.25) is 0 Å². The molecule has 3 N–H and O–H groups in total. The molecule has 0 atom stereocenters. The highest BCUT2D eigenvalue weighted by atomic mass is 16.2. The molecule has 1 aliphatic rings. The lowest BCUT2D eigenvalue weighted by molar-refractivity contribution is -0.121. The van der Waals surface area contributed by atoms with Gasteiger partial charge in [0.15, 0.2) is 0 Å². The summed E-state index contributed by atoms with van der Waals surface area (Å²) in [4.78, 5) is 11.7. The number of hydrogen-bond donors (Lipinski definition) is 2. The van der Waals surface area contributed by atoms with Gasteiger partial charge in [0.1, 0.15) is 0 Å². The second-order valence-corrected chi connectivity index (χ2v) is 4.52. The second-order valence-electron chi connectivity index (χ2n) is 4.52. The van der Waals surface area contributed by atoms with Crippen molar-refractivity contribution in [3.05, 3.63) is 35.9 Å². The Morgan fingerprint density at radius 2 is 1.83 bits per heavy atom. The van der Waals surface area contributed by atoms with E-state index in [4.69, 9.17) is 5.73 Å². The number of nitrogens with zero attached hydrogens (tertiary/aromatic N) is 1. The number of carbonyl (C=O) groups excluding carboxylic acids is 1. The van der Waals surface area contributed by atoms with E-state index in [2.05, 4.69) is 5.43 Å². The van der Waals surface area contributed by atoms with Crippen molar-refractivity contribution in [2.75, 3.05) is 18.8 Å². The molecule has 18 heavy (non-hydrogen) atoms. The molecule has 4 heteroatoms. The number of nitrogen functional groups attached to an aromatic ring is 1. The molecule has 0 bridgehead atoms. The minimum Gasteiger partial charge on any atom is -0.399 e. The number of anilines is 1. The number of hydrogen-bond acceptors (Lipinski definition) is 3. The maximum absolute atomic E-state index is 11.7. The SMILES string of the molecule is Nc1ccc(/C=C/C(=O)NN2CCCCC2)cc1. The van der Waals surface area contributed by atoms with E-state index in [0.29, 0.717) is 0 Å². The Morgan fingerprint density at radius 3 is 2.50 bits per heavy atom. The highest BCUT2D eigenvalue weighted by molar-refractivity contribution is 5.91. The fraction of sp³-hybridized carbons (Fsp3) is 0.357. The Labute approximate surface area is 107 Å². The summed E-state index contributed by atoms with van der Waals surface area (Å²) in [7, 11) is 0. The molecule has 0 saturated carbocycles. The first-order valence-corrected chi connectivity index (χ1v) is 6.33. The standard InChI is InChI=1S/C14H19N3O/c15-13-7-4-12(5-8-13)6-9-14(18)16-17-10-2-1-3-11-17/h4-9H,1-3,10-11,15H2,(H,16,18)/b9-6+. The third kappa shape index (κ3) is 3.89. The minimum absolute atomic E-state index is 0.0753. The van der Waals surface area contributed by atoms with Gasteiger partial charge in [0.05, 0.1) is 0 Å². The quantitative estimate of drug-likeness (QED) is 0.630. The molecule has 2 rings (SSSR count). The lowest BCUT2D eigenvalue weighted by atomic mass is 10.2. The van der Waals surface area contributed by atoms with E-state index in [1.165, 1.54) is 6.42 Å². The second kappa shape index (κ2) is 6.21. The van der Waals surface area contributed by atoms with Crippen LogP contribution in [-0.2, 0) is 4.79 Å². The maximum atomic E-state index is 11.7. The highest BCUT2D eigenvalue weighted by Crippen LogP contribution is 2.08. The molecule has 1 aromatic carbocycles. The maximum Gasteiger partial charge on any atom is 0.258 e. The first-order valence-electron chi connectivity index (χ1n) is 6.33. The Morgan fingerprint density at radius 1 is 1.17 bits per heavy atom. The summed E-state index contributed by atoms with van der Waals surface area (Å²) in [5, 5.41) is 1.99. The number of hydrazine groups is 1. The van der Waals surface area contributed by atoms with E-state index in [-0.39, 0.29) is 5.91 Å². The largest absolute Gasteiger partial charge is 0.399 e. The van der Waals surface area contributed by atoms with Crippen LogP contribution in [-0.4, -0.2) is 24.0 Å². The van der Waals surface area contributed by atoms with Crippen molar-refractivity contribution >= 4 is 17.7 Å². The fourth-order valence-electron chi connectivity index (χ4n) is 1.98. The topological polar surface area (TPSA) is 58.4 Å². The first-order chi connectivity index (χ1) is 8.74. The van der Waals surface area contributed by atoms with Crippen molar-refractivity contribution in [3.63, 3.8) is 0 Å². The van der Waals surface area contributed by atoms with Gasteiger partial charge in [-0.3, -0.25) is 10.2 Å². The van der Waals surface area contributed by atoms with Crippen LogP contribution in [0.3, 0.4) is 0 Å². The van der Waals surface area contributed by atoms with E-state index < -0.39 is 0 Å². The average molecular weight is 245 g/mol. The van der Waals surface area contributed by atoms with Gasteiger partial charge in [-0.2, -0.15) is 0 Å². The number of piperidine rings is 1. The Kier molecular flexibility index (Phi) is 4.36. The molecule has 1 aromatic rings. The molecule has 96 valence electrons. The van der Waals surface area contributed by atoms with Crippen molar-refractivity contribution < 1.29 is 4.79 Å². The van der Waals surface area contributed by atoms with Gasteiger partial charge >= 0.3 is 0 Å². The Balaban J connectivity index is 1.84. The van der Waals surface area contributed by atoms with Gasteiger partial charge in [-0.05, 0) is 36.6 Å². The van der Waals surface area contributed by atoms with Crippen molar-refractivity contribution in [2.24, 2.45) is 0 Å². The monoisotopic (exact) mass is 245 g/mol. The normalized spacial score (nSPS) is 16.9. The molecule has 1 aliphatic heterocycles. The molecular formula is C14H19N3O. The van der Waals surface area contributed by atoms with Crippen LogP contribution in [0, 0.1) is 0 Å². The third-order valence-electron chi connectivity index (χ3n) is 2.99. The molecule has 0 unspecified atom stereocenters. The number of rotatable bonds is 3. The number of nitrogens with one attached hydrogen (secondary N) is 1. The molecule has 1 amide bonds. The van der Waals surface area contributed by atoms with Crippen LogP contribution in [0.4, 0.5) is 5.69 Å². The molecule has 0 aromatic heterocycles. The van der Waals surface area contributed by atoms with Crippen LogP contribution in [0.1, 0.15) is 24.8 Å². The van der Waals surface area contributed by atoms with Crippen molar-refractivity contribution in [1.82, 2.24) is 10.4 Å². The van der Waals surface area contributed by atoms with Gasteiger partial charge in [-0.1, -0.05) is 18.6 Å². The summed E-state index contributed by atoms with van der Waals surface area (Å²) < 4.78 is 0. The molecular weight excluding hydrogens is 226 g/mol. The lowest BCUT2D eigenvalue weighted by Crippen LogP contribution is -2.44. The predicted octanol–water partition coefficient (Wildman–Crippen LogP) is 1.80. The van der Waals surface area contributed by atoms with Gasteiger partial charge in [-0.15, -0.1) is 0 Å². The van der Waals surface area contributed by atoms with Gasteiger partial charge in [-0.25, -0.2) is 5.01 Å². The fourth-order valence-corrected chi connectivity index (χ4v) is 1.98. The summed E-state index contributed by atoms with van der Waals surface area (Å²) >= 11 is 0. The first kappa shape index (κ1) is 12.6. The third-order valence-corrected chi connectivity index (χ3v) is 2.99. The van der Waals surface area contributed by atoms with E-state index in [1.807, 2.05) is 29.3 Å². The zero-order chi connectivity index (χ0) is 12.8. The zero-order valence-corrected chi connectivity index (χ0v) is 10.4. The minimum atomic E-state index is -0.0753. The van der Waals surface area contributed by atoms with Crippen LogP contribution < -0.4 is 11.2 Å². The summed E-state index contributed by atoms with van der Waals surface area (Å²) in [5.74, 6) is -0.0753. The number of carbonyl (C=O) groups is 1. The summed E-state index contributed by atoms with van der Waals surface area (Å²) in [6, 6.07) is 7.42.